The minimum absolute atomic E-state index is 0.675. The number of nitrogens with one attached hydrogen (secondary N) is 1. The van der Waals surface area contributed by atoms with Crippen LogP contribution in [0.5, 0.6) is 0 Å². The van der Waals surface area contributed by atoms with Gasteiger partial charge in [-0.15, -0.1) is 0 Å². The van der Waals surface area contributed by atoms with Gasteiger partial charge < -0.3 is 5.11 Å². The van der Waals surface area contributed by atoms with E-state index in [0.29, 0.717) is 5.92 Å². The molecular weight excluding hydrogens is 154 g/mol. The third-order valence-corrected chi connectivity index (χ3v) is 2.68. The summed E-state index contributed by atoms with van der Waals surface area (Å²) in [6, 6.07) is 0. The highest BCUT2D eigenvalue weighted by Gasteiger charge is 2.36. The zero-order valence-corrected chi connectivity index (χ0v) is 6.92. The summed E-state index contributed by atoms with van der Waals surface area (Å²) in [5, 5.41) is 11.0. The summed E-state index contributed by atoms with van der Waals surface area (Å²) in [6.07, 6.45) is 5.75. The summed E-state index contributed by atoms with van der Waals surface area (Å²) in [4.78, 5) is 10.3. The van der Waals surface area contributed by atoms with Crippen molar-refractivity contribution in [1.29, 1.82) is 0 Å². The highest BCUT2D eigenvalue weighted by Crippen LogP contribution is 2.46. The lowest BCUT2D eigenvalue weighted by Crippen LogP contribution is -2.19. The van der Waals surface area contributed by atoms with Gasteiger partial charge in [0.2, 0.25) is 0 Å². The first-order valence-corrected chi connectivity index (χ1v) is 4.46. The molecule has 0 aromatic rings. The third-order valence-electron chi connectivity index (χ3n) is 2.68. The molecule has 0 radical (unpaired) electrons. The molecule has 2 aliphatic carbocycles. The molecule has 0 heterocycles. The van der Waals surface area contributed by atoms with Crippen LogP contribution in [0.3, 0.4) is 0 Å². The molecule has 0 saturated heterocycles. The third kappa shape index (κ3) is 1.60. The van der Waals surface area contributed by atoms with Gasteiger partial charge in [-0.2, -0.15) is 0 Å². The highest BCUT2D eigenvalue weighted by atomic mass is 16.4. The van der Waals surface area contributed by atoms with Crippen molar-refractivity contribution < 1.29 is 9.90 Å². The second-order valence-electron chi connectivity index (χ2n) is 3.67. The second-order valence-corrected chi connectivity index (χ2v) is 3.67. The monoisotopic (exact) mass is 167 g/mol. The van der Waals surface area contributed by atoms with Crippen molar-refractivity contribution in [3.05, 3.63) is 11.8 Å². The summed E-state index contributed by atoms with van der Waals surface area (Å²) in [7, 11) is 0. The molecule has 0 bridgehead atoms. The van der Waals surface area contributed by atoms with Crippen molar-refractivity contribution in [3.63, 3.8) is 0 Å². The van der Waals surface area contributed by atoms with E-state index in [-0.39, 0.29) is 0 Å². The quantitative estimate of drug-likeness (QED) is 0.627. The average molecular weight is 167 g/mol. The first-order valence-electron chi connectivity index (χ1n) is 4.46. The fourth-order valence-corrected chi connectivity index (χ4v) is 1.95. The van der Waals surface area contributed by atoms with Crippen LogP contribution < -0.4 is 5.32 Å². The zero-order valence-electron chi connectivity index (χ0n) is 6.92. The molecule has 2 aliphatic rings. The van der Waals surface area contributed by atoms with Gasteiger partial charge in [0.1, 0.15) is 0 Å². The van der Waals surface area contributed by atoms with E-state index >= 15 is 0 Å². The van der Waals surface area contributed by atoms with E-state index in [9.17, 15) is 4.79 Å². The number of hydrogen-bond donors (Lipinski definition) is 2. The lowest BCUT2D eigenvalue weighted by Gasteiger charge is -2.03. The predicted molar refractivity (Wildman–Crippen MR) is 44.7 cm³/mol. The van der Waals surface area contributed by atoms with Gasteiger partial charge in [0.05, 0.1) is 0 Å². The number of hydrogen-bond acceptors (Lipinski definition) is 1. The normalized spacial score (nSPS) is 32.8. The molecule has 1 saturated carbocycles. The minimum atomic E-state index is -0.930. The Bertz CT molecular complexity index is 235. The summed E-state index contributed by atoms with van der Waals surface area (Å²) < 4.78 is 0. The van der Waals surface area contributed by atoms with E-state index in [2.05, 4.69) is 11.4 Å². The van der Waals surface area contributed by atoms with Crippen molar-refractivity contribution in [3.8, 4) is 0 Å². The molecule has 0 aromatic heterocycles. The molecule has 0 aromatic carbocycles. The molecule has 0 spiro atoms. The maximum atomic E-state index is 10.3. The lowest BCUT2D eigenvalue weighted by atomic mass is 10.2. The van der Waals surface area contributed by atoms with Crippen molar-refractivity contribution in [2.24, 2.45) is 11.8 Å². The topological polar surface area (TPSA) is 49.3 Å². The molecule has 2 unspecified atom stereocenters. The Morgan fingerprint density at radius 1 is 1.67 bits per heavy atom. The number of carbonyl (C=O) groups is 1. The van der Waals surface area contributed by atoms with Gasteiger partial charge in [0.15, 0.2) is 0 Å². The summed E-state index contributed by atoms with van der Waals surface area (Å²) in [6.45, 7) is 0. The van der Waals surface area contributed by atoms with Crippen molar-refractivity contribution in [1.82, 2.24) is 5.32 Å². The van der Waals surface area contributed by atoms with Gasteiger partial charge in [-0.05, 0) is 37.5 Å². The Labute approximate surface area is 71.5 Å². The SMILES string of the molecule is O=C(O)NC1=CC2CC2CCC1. The van der Waals surface area contributed by atoms with E-state index in [4.69, 9.17) is 5.11 Å². The Hall–Kier alpha value is -0.990. The Morgan fingerprint density at radius 2 is 2.50 bits per heavy atom. The van der Waals surface area contributed by atoms with Crippen LogP contribution in [0.4, 0.5) is 4.79 Å². The molecule has 2 atom stereocenters. The zero-order chi connectivity index (χ0) is 8.55. The van der Waals surface area contributed by atoms with E-state index in [0.717, 1.165) is 24.5 Å². The predicted octanol–water partition coefficient (Wildman–Crippen LogP) is 1.96. The number of rotatable bonds is 1. The van der Waals surface area contributed by atoms with Gasteiger partial charge in [0.25, 0.3) is 0 Å². The average Bonchev–Trinajstić information content (AvgIpc) is 2.63. The van der Waals surface area contributed by atoms with Crippen LogP contribution in [0.1, 0.15) is 25.7 Å². The van der Waals surface area contributed by atoms with Crippen molar-refractivity contribution >= 4 is 6.09 Å². The molecule has 66 valence electrons. The van der Waals surface area contributed by atoms with Crippen LogP contribution >= 0.6 is 0 Å². The summed E-state index contributed by atoms with van der Waals surface area (Å²) >= 11 is 0. The molecule has 3 nitrogen and oxygen atoms in total. The summed E-state index contributed by atoms with van der Waals surface area (Å²) in [5.41, 5.74) is 0.910. The van der Waals surface area contributed by atoms with Crippen molar-refractivity contribution in [2.45, 2.75) is 25.7 Å². The molecule has 12 heavy (non-hydrogen) atoms. The molecule has 2 rings (SSSR count). The van der Waals surface area contributed by atoms with Crippen LogP contribution in [-0.4, -0.2) is 11.2 Å². The largest absolute Gasteiger partial charge is 0.465 e. The van der Waals surface area contributed by atoms with E-state index in [1.807, 2.05) is 0 Å². The van der Waals surface area contributed by atoms with Crippen molar-refractivity contribution in [2.75, 3.05) is 0 Å². The van der Waals surface area contributed by atoms with E-state index in [1.165, 1.54) is 12.8 Å². The first kappa shape index (κ1) is 7.65. The molecule has 3 heteroatoms. The van der Waals surface area contributed by atoms with Gasteiger partial charge in [-0.3, -0.25) is 5.32 Å². The molecule has 1 fully saturated rings. The fraction of sp³-hybridized carbons (Fsp3) is 0.667. The molecule has 1 amide bonds. The summed E-state index contributed by atoms with van der Waals surface area (Å²) in [5.74, 6) is 1.53. The highest BCUT2D eigenvalue weighted by molar-refractivity contribution is 5.66. The first-order chi connectivity index (χ1) is 5.75. The lowest BCUT2D eigenvalue weighted by molar-refractivity contribution is 0.197. The minimum Gasteiger partial charge on any atom is -0.465 e. The van der Waals surface area contributed by atoms with Gasteiger partial charge in [0, 0.05) is 5.70 Å². The number of carboxylic acid groups (broad SMARTS) is 1. The molecular formula is C9H13NO2. The maximum absolute atomic E-state index is 10.3. The van der Waals surface area contributed by atoms with Crippen LogP contribution in [0.2, 0.25) is 0 Å². The van der Waals surface area contributed by atoms with E-state index in [1.54, 1.807) is 0 Å². The van der Waals surface area contributed by atoms with E-state index < -0.39 is 6.09 Å². The standard InChI is InChI=1S/C9H13NO2/c11-9(12)10-8-3-1-2-6-4-7(6)5-8/h5-7,10H,1-4H2,(H,11,12). The van der Waals surface area contributed by atoms with Crippen LogP contribution in [0.25, 0.3) is 0 Å². The smallest absolute Gasteiger partial charge is 0.408 e. The molecule has 0 aliphatic heterocycles. The van der Waals surface area contributed by atoms with Crippen LogP contribution in [0, 0.1) is 11.8 Å². The second kappa shape index (κ2) is 2.81. The van der Waals surface area contributed by atoms with Crippen LogP contribution in [0.15, 0.2) is 11.8 Å². The number of amides is 1. The fourth-order valence-electron chi connectivity index (χ4n) is 1.95. The van der Waals surface area contributed by atoms with Gasteiger partial charge in [-0.1, -0.05) is 6.08 Å². The Morgan fingerprint density at radius 3 is 3.25 bits per heavy atom. The maximum Gasteiger partial charge on any atom is 0.408 e. The number of fused-ring (bicyclic) bond motifs is 1. The van der Waals surface area contributed by atoms with Crippen LogP contribution in [-0.2, 0) is 0 Å². The Kier molecular flexibility index (Phi) is 1.79. The molecule has 2 N–H and O–H groups in total. The van der Waals surface area contributed by atoms with Gasteiger partial charge in [-0.25, -0.2) is 4.79 Å². The number of allylic oxidation sites excluding steroid dienone is 2. The van der Waals surface area contributed by atoms with Gasteiger partial charge >= 0.3 is 6.09 Å². The Balaban J connectivity index is 1.98.